The third kappa shape index (κ3) is 6.05. The number of hydrogen-bond donors (Lipinski definition) is 1. The fourth-order valence-electron chi connectivity index (χ4n) is 2.70. The van der Waals surface area contributed by atoms with Gasteiger partial charge >= 0.3 is 0 Å². The highest BCUT2D eigenvalue weighted by Gasteiger charge is 2.15. The molecule has 0 aliphatic carbocycles. The van der Waals surface area contributed by atoms with Crippen LogP contribution in [0.4, 0.5) is 0 Å². The number of ether oxygens (including phenoxy) is 2. The van der Waals surface area contributed by atoms with Crippen molar-refractivity contribution in [2.24, 2.45) is 5.92 Å². The lowest BCUT2D eigenvalue weighted by Crippen LogP contribution is -2.10. The number of carbonyl (C=O) groups is 1. The summed E-state index contributed by atoms with van der Waals surface area (Å²) in [5, 5.41) is 11.3. The molecule has 6 heteroatoms. The molecule has 0 fully saturated rings. The Bertz CT molecular complexity index is 820. The van der Waals surface area contributed by atoms with E-state index in [2.05, 4.69) is 0 Å². The quantitative estimate of drug-likeness (QED) is 0.474. The van der Waals surface area contributed by atoms with Gasteiger partial charge in [0.05, 0.1) is 18.2 Å². The molecule has 28 heavy (non-hydrogen) atoms. The van der Waals surface area contributed by atoms with E-state index in [0.717, 1.165) is 18.4 Å². The van der Waals surface area contributed by atoms with Crippen LogP contribution in [0.3, 0.4) is 0 Å². The van der Waals surface area contributed by atoms with Crippen molar-refractivity contribution in [3.63, 3.8) is 0 Å². The van der Waals surface area contributed by atoms with Crippen LogP contribution >= 0.6 is 23.2 Å². The molecule has 0 aliphatic rings. The van der Waals surface area contributed by atoms with Crippen LogP contribution in [0.1, 0.15) is 37.8 Å². The van der Waals surface area contributed by atoms with Gasteiger partial charge in [0, 0.05) is 11.5 Å². The van der Waals surface area contributed by atoms with Gasteiger partial charge in [0.2, 0.25) is 0 Å². The average Bonchev–Trinajstić information content (AvgIpc) is 2.66. The standard InChI is InChI=1S/C22H26Cl2O4/c1-14(16(3)25)13-17-9-10-19(15(2)22(17)26)27-11-4-5-12-28-20-8-6-7-18(23)21(20)24/h6-10,14,26H,4-5,11-13H2,1-3H3. The Hall–Kier alpha value is -1.91. The summed E-state index contributed by atoms with van der Waals surface area (Å²) < 4.78 is 11.4. The minimum atomic E-state index is -0.120. The maximum Gasteiger partial charge on any atom is 0.139 e. The summed E-state index contributed by atoms with van der Waals surface area (Å²) in [4.78, 5) is 11.4. The Kier molecular flexibility index (Phi) is 8.46. The Morgan fingerprint density at radius 2 is 1.71 bits per heavy atom. The maximum absolute atomic E-state index is 11.4. The molecule has 0 aromatic heterocycles. The van der Waals surface area contributed by atoms with E-state index in [1.165, 1.54) is 0 Å². The van der Waals surface area contributed by atoms with Crippen LogP contribution < -0.4 is 9.47 Å². The number of hydrogen-bond acceptors (Lipinski definition) is 4. The van der Waals surface area contributed by atoms with Crippen LogP contribution in [0.15, 0.2) is 30.3 Å². The molecule has 0 heterocycles. The van der Waals surface area contributed by atoms with Gasteiger partial charge in [-0.3, -0.25) is 4.79 Å². The van der Waals surface area contributed by atoms with Crippen molar-refractivity contribution in [1.82, 2.24) is 0 Å². The number of aromatic hydroxyl groups is 1. The van der Waals surface area contributed by atoms with E-state index in [0.29, 0.717) is 46.7 Å². The molecule has 2 aromatic rings. The molecule has 0 bridgehead atoms. The topological polar surface area (TPSA) is 55.8 Å². The smallest absolute Gasteiger partial charge is 0.139 e. The lowest BCUT2D eigenvalue weighted by Gasteiger charge is -2.15. The highest BCUT2D eigenvalue weighted by molar-refractivity contribution is 6.42. The van der Waals surface area contributed by atoms with Crippen LogP contribution in [0, 0.1) is 12.8 Å². The van der Waals surface area contributed by atoms with E-state index < -0.39 is 0 Å². The summed E-state index contributed by atoms with van der Waals surface area (Å²) in [6.45, 7) is 6.26. The number of phenolic OH excluding ortho intramolecular Hbond substituents is 1. The van der Waals surface area contributed by atoms with Crippen LogP contribution in [-0.4, -0.2) is 24.1 Å². The molecule has 0 amide bonds. The van der Waals surface area contributed by atoms with Crippen LogP contribution in [0.25, 0.3) is 0 Å². The Balaban J connectivity index is 1.79. The number of halogens is 2. The molecular formula is C22H26Cl2O4. The molecule has 0 spiro atoms. The zero-order valence-corrected chi connectivity index (χ0v) is 17.9. The first kappa shape index (κ1) is 22.4. The summed E-state index contributed by atoms with van der Waals surface area (Å²) in [6.07, 6.45) is 2.11. The molecule has 1 atom stereocenters. The number of Topliss-reactive ketones (excluding diaryl/α,β-unsaturated/α-hetero) is 1. The normalized spacial score (nSPS) is 11.9. The molecule has 1 unspecified atom stereocenters. The van der Waals surface area contributed by atoms with Gasteiger partial charge in [0.15, 0.2) is 0 Å². The first-order valence-corrected chi connectivity index (χ1v) is 10.1. The lowest BCUT2D eigenvalue weighted by molar-refractivity contribution is -0.120. The SMILES string of the molecule is CC(=O)C(C)Cc1ccc(OCCCCOc2cccc(Cl)c2Cl)c(C)c1O. The van der Waals surface area contributed by atoms with Gasteiger partial charge in [-0.15, -0.1) is 0 Å². The van der Waals surface area contributed by atoms with Gasteiger partial charge in [-0.25, -0.2) is 0 Å². The molecule has 0 saturated carbocycles. The van der Waals surface area contributed by atoms with Crippen molar-refractivity contribution in [2.45, 2.75) is 40.0 Å². The predicted octanol–water partition coefficient (Wildman–Crippen LogP) is 6.01. The molecule has 0 aliphatic heterocycles. The lowest BCUT2D eigenvalue weighted by atomic mass is 9.95. The number of carbonyl (C=O) groups excluding carboxylic acids is 1. The minimum Gasteiger partial charge on any atom is -0.507 e. The number of phenols is 1. The zero-order valence-electron chi connectivity index (χ0n) is 16.4. The third-order valence-electron chi connectivity index (χ3n) is 4.65. The Morgan fingerprint density at radius 1 is 1.07 bits per heavy atom. The van der Waals surface area contributed by atoms with E-state index in [1.54, 1.807) is 25.1 Å². The van der Waals surface area contributed by atoms with Crippen LogP contribution in [-0.2, 0) is 11.2 Å². The predicted molar refractivity (Wildman–Crippen MR) is 113 cm³/mol. The molecule has 2 aromatic carbocycles. The summed E-state index contributed by atoms with van der Waals surface area (Å²) in [5.41, 5.74) is 1.45. The molecule has 0 radical (unpaired) electrons. The second-order valence-corrected chi connectivity index (χ2v) is 7.65. The number of ketones is 1. The Labute approximate surface area is 176 Å². The first-order chi connectivity index (χ1) is 13.3. The monoisotopic (exact) mass is 424 g/mol. The van der Waals surface area contributed by atoms with Gasteiger partial charge in [0.1, 0.15) is 28.1 Å². The van der Waals surface area contributed by atoms with Gasteiger partial charge < -0.3 is 14.6 Å². The van der Waals surface area contributed by atoms with E-state index in [-0.39, 0.29) is 17.5 Å². The largest absolute Gasteiger partial charge is 0.507 e. The molecule has 4 nitrogen and oxygen atoms in total. The summed E-state index contributed by atoms with van der Waals surface area (Å²) in [7, 11) is 0. The number of unbranched alkanes of at least 4 members (excludes halogenated alkanes) is 1. The summed E-state index contributed by atoms with van der Waals surface area (Å²) in [5.74, 6) is 1.41. The summed E-state index contributed by atoms with van der Waals surface area (Å²) >= 11 is 12.0. The van der Waals surface area contributed by atoms with E-state index in [1.807, 2.05) is 26.0 Å². The first-order valence-electron chi connectivity index (χ1n) is 9.32. The van der Waals surface area contributed by atoms with E-state index in [4.69, 9.17) is 32.7 Å². The zero-order chi connectivity index (χ0) is 20.7. The van der Waals surface area contributed by atoms with Crippen LogP contribution in [0.2, 0.25) is 10.0 Å². The maximum atomic E-state index is 11.4. The Morgan fingerprint density at radius 3 is 2.36 bits per heavy atom. The third-order valence-corrected chi connectivity index (χ3v) is 5.46. The highest BCUT2D eigenvalue weighted by atomic mass is 35.5. The second-order valence-electron chi connectivity index (χ2n) is 6.87. The van der Waals surface area contributed by atoms with Crippen molar-refractivity contribution in [1.29, 1.82) is 0 Å². The molecule has 0 saturated heterocycles. The van der Waals surface area contributed by atoms with Gasteiger partial charge in [-0.2, -0.15) is 0 Å². The highest BCUT2D eigenvalue weighted by Crippen LogP contribution is 2.33. The van der Waals surface area contributed by atoms with Crippen molar-refractivity contribution in [3.8, 4) is 17.2 Å². The van der Waals surface area contributed by atoms with Crippen LogP contribution in [0.5, 0.6) is 17.2 Å². The molecule has 1 N–H and O–H groups in total. The number of benzene rings is 2. The van der Waals surface area contributed by atoms with Crippen molar-refractivity contribution < 1.29 is 19.4 Å². The van der Waals surface area contributed by atoms with E-state index >= 15 is 0 Å². The van der Waals surface area contributed by atoms with Gasteiger partial charge in [0.25, 0.3) is 0 Å². The molecular weight excluding hydrogens is 399 g/mol. The fraction of sp³-hybridized carbons (Fsp3) is 0.409. The number of rotatable bonds is 10. The second kappa shape index (κ2) is 10.6. The minimum absolute atomic E-state index is 0.110. The van der Waals surface area contributed by atoms with E-state index in [9.17, 15) is 9.90 Å². The van der Waals surface area contributed by atoms with Crippen molar-refractivity contribution in [3.05, 3.63) is 51.5 Å². The average molecular weight is 425 g/mol. The van der Waals surface area contributed by atoms with Gasteiger partial charge in [-0.1, -0.05) is 42.3 Å². The van der Waals surface area contributed by atoms with Crippen molar-refractivity contribution in [2.75, 3.05) is 13.2 Å². The fourth-order valence-corrected chi connectivity index (χ4v) is 3.04. The molecule has 152 valence electrons. The van der Waals surface area contributed by atoms with Crippen molar-refractivity contribution >= 4 is 29.0 Å². The summed E-state index contributed by atoms with van der Waals surface area (Å²) in [6, 6.07) is 8.96. The van der Waals surface area contributed by atoms with Gasteiger partial charge in [-0.05, 0) is 56.9 Å². The molecule has 2 rings (SSSR count).